The van der Waals surface area contributed by atoms with Gasteiger partial charge in [-0.1, -0.05) is 6.92 Å². The summed E-state index contributed by atoms with van der Waals surface area (Å²) in [6.07, 6.45) is 1.71. The van der Waals surface area contributed by atoms with Crippen LogP contribution in [0.15, 0.2) is 33.1 Å². The van der Waals surface area contributed by atoms with E-state index in [-0.39, 0.29) is 23.5 Å². The van der Waals surface area contributed by atoms with Crippen LogP contribution in [0.5, 0.6) is 0 Å². The number of piperidine rings is 1. The van der Waals surface area contributed by atoms with Gasteiger partial charge in [0.25, 0.3) is 5.91 Å². The fourth-order valence-corrected chi connectivity index (χ4v) is 3.00. The number of carbonyl (C=O) groups excluding carboxylic acids is 1. The van der Waals surface area contributed by atoms with Crippen molar-refractivity contribution in [2.24, 2.45) is 5.92 Å². The number of aryl methyl sites for hydroxylation is 1. The highest BCUT2D eigenvalue weighted by Gasteiger charge is 2.34. The highest BCUT2D eigenvalue weighted by Crippen LogP contribution is 2.36. The second-order valence-corrected chi connectivity index (χ2v) is 6.06. The van der Waals surface area contributed by atoms with Crippen LogP contribution in [0.1, 0.15) is 58.4 Å². The Balaban J connectivity index is 1.88. The van der Waals surface area contributed by atoms with Crippen molar-refractivity contribution in [3.8, 4) is 0 Å². The molecule has 2 unspecified atom stereocenters. The Morgan fingerprint density at radius 1 is 1.17 bits per heavy atom. The largest absolute Gasteiger partial charge is 0.475 e. The van der Waals surface area contributed by atoms with E-state index in [2.05, 4.69) is 6.92 Å². The fraction of sp³-hybridized carbons (Fsp3) is 0.412. The molecule has 122 valence electrons. The molecule has 1 N–H and O–H groups in total. The van der Waals surface area contributed by atoms with Gasteiger partial charge in [-0.05, 0) is 49.9 Å². The molecule has 0 aromatic carbocycles. The normalized spacial score (nSPS) is 21.4. The number of carbonyl (C=O) groups is 2. The molecule has 23 heavy (non-hydrogen) atoms. The molecule has 1 aliphatic heterocycles. The number of furan rings is 2. The molecule has 1 fully saturated rings. The second-order valence-electron chi connectivity index (χ2n) is 6.06. The van der Waals surface area contributed by atoms with E-state index in [1.165, 1.54) is 12.1 Å². The number of likely N-dealkylation sites (tertiary alicyclic amines) is 1. The van der Waals surface area contributed by atoms with Crippen molar-refractivity contribution in [3.05, 3.63) is 47.3 Å². The van der Waals surface area contributed by atoms with E-state index in [4.69, 9.17) is 13.9 Å². The molecule has 1 amide bonds. The van der Waals surface area contributed by atoms with Gasteiger partial charge in [-0.3, -0.25) is 4.79 Å². The van der Waals surface area contributed by atoms with Gasteiger partial charge in [-0.2, -0.15) is 0 Å². The first-order chi connectivity index (χ1) is 11.0. The first-order valence-corrected chi connectivity index (χ1v) is 7.66. The summed E-state index contributed by atoms with van der Waals surface area (Å²) in [5.41, 5.74) is 0. The third-order valence-electron chi connectivity index (χ3n) is 4.24. The lowest BCUT2D eigenvalue weighted by molar-refractivity contribution is 0.0482. The predicted octanol–water partition coefficient (Wildman–Crippen LogP) is 3.49. The third-order valence-corrected chi connectivity index (χ3v) is 4.24. The zero-order valence-corrected chi connectivity index (χ0v) is 13.1. The molecule has 2 atom stereocenters. The Labute approximate surface area is 133 Å². The van der Waals surface area contributed by atoms with E-state index in [0.717, 1.165) is 24.4 Å². The van der Waals surface area contributed by atoms with Crippen molar-refractivity contribution in [1.29, 1.82) is 0 Å². The Kier molecular flexibility index (Phi) is 3.98. The average Bonchev–Trinajstić information content (AvgIpc) is 3.15. The summed E-state index contributed by atoms with van der Waals surface area (Å²) in [6, 6.07) is 6.33. The van der Waals surface area contributed by atoms with E-state index in [0.29, 0.717) is 12.5 Å². The molecule has 1 saturated heterocycles. The zero-order valence-electron chi connectivity index (χ0n) is 13.1. The quantitative estimate of drug-likeness (QED) is 0.936. The highest BCUT2D eigenvalue weighted by molar-refractivity contribution is 5.93. The summed E-state index contributed by atoms with van der Waals surface area (Å²) in [5.74, 6) is 0.372. The summed E-state index contributed by atoms with van der Waals surface area (Å²) >= 11 is 0. The minimum atomic E-state index is -1.19. The van der Waals surface area contributed by atoms with Gasteiger partial charge in [0, 0.05) is 6.54 Å². The number of carboxylic acids is 1. The average molecular weight is 317 g/mol. The van der Waals surface area contributed by atoms with Crippen molar-refractivity contribution in [1.82, 2.24) is 4.90 Å². The van der Waals surface area contributed by atoms with Crippen LogP contribution in [-0.4, -0.2) is 28.4 Å². The summed E-state index contributed by atoms with van der Waals surface area (Å²) in [4.78, 5) is 25.4. The number of nitrogens with zero attached hydrogens (tertiary/aromatic N) is 1. The lowest BCUT2D eigenvalue weighted by atomic mass is 9.91. The van der Waals surface area contributed by atoms with Crippen LogP contribution >= 0.6 is 0 Å². The fourth-order valence-electron chi connectivity index (χ4n) is 3.00. The number of amides is 1. The molecule has 0 spiro atoms. The van der Waals surface area contributed by atoms with Crippen molar-refractivity contribution in [2.45, 2.75) is 32.7 Å². The lowest BCUT2D eigenvalue weighted by Gasteiger charge is -2.37. The predicted molar refractivity (Wildman–Crippen MR) is 81.3 cm³/mol. The maximum atomic E-state index is 12.7. The van der Waals surface area contributed by atoms with Crippen LogP contribution in [0, 0.1) is 12.8 Å². The first kappa shape index (κ1) is 15.4. The maximum absolute atomic E-state index is 12.7. The zero-order chi connectivity index (χ0) is 16.6. The summed E-state index contributed by atoms with van der Waals surface area (Å²) < 4.78 is 10.9. The van der Waals surface area contributed by atoms with Crippen LogP contribution < -0.4 is 0 Å². The number of hydrogen-bond donors (Lipinski definition) is 1. The van der Waals surface area contributed by atoms with Crippen molar-refractivity contribution >= 4 is 11.9 Å². The van der Waals surface area contributed by atoms with Gasteiger partial charge in [0.2, 0.25) is 5.76 Å². The van der Waals surface area contributed by atoms with Gasteiger partial charge in [0.05, 0.1) is 6.04 Å². The molecule has 3 heterocycles. The molecular formula is C17H19NO5. The van der Waals surface area contributed by atoms with E-state index < -0.39 is 5.97 Å². The Bertz CT molecular complexity index is 729. The van der Waals surface area contributed by atoms with Crippen molar-refractivity contribution < 1.29 is 23.5 Å². The Morgan fingerprint density at radius 2 is 1.91 bits per heavy atom. The van der Waals surface area contributed by atoms with Gasteiger partial charge < -0.3 is 18.8 Å². The molecule has 6 heteroatoms. The molecule has 0 bridgehead atoms. The number of rotatable bonds is 3. The summed E-state index contributed by atoms with van der Waals surface area (Å²) in [7, 11) is 0. The first-order valence-electron chi connectivity index (χ1n) is 7.66. The van der Waals surface area contributed by atoms with Crippen LogP contribution in [0.3, 0.4) is 0 Å². The molecule has 6 nitrogen and oxygen atoms in total. The second kappa shape index (κ2) is 5.95. The van der Waals surface area contributed by atoms with E-state index in [9.17, 15) is 9.59 Å². The van der Waals surface area contributed by atoms with Crippen LogP contribution in [-0.2, 0) is 0 Å². The highest BCUT2D eigenvalue weighted by atomic mass is 16.4. The standard InChI is InChI=1S/C17H19NO5/c1-10-7-8-18(12(9-10)13-4-3-11(2)22-13)16(19)14-5-6-15(23-14)17(20)21/h3-6,10,12H,7-9H2,1-2H3,(H,20,21). The van der Waals surface area contributed by atoms with E-state index in [1.54, 1.807) is 4.90 Å². The minimum absolute atomic E-state index is 0.0465. The maximum Gasteiger partial charge on any atom is 0.371 e. The van der Waals surface area contributed by atoms with Crippen LogP contribution in [0.25, 0.3) is 0 Å². The molecule has 2 aromatic rings. The molecule has 0 saturated carbocycles. The SMILES string of the molecule is Cc1ccc(C2CC(C)CCN2C(=O)c2ccc(C(=O)O)o2)o1. The smallest absolute Gasteiger partial charge is 0.371 e. The van der Waals surface area contributed by atoms with Gasteiger partial charge in [0.1, 0.15) is 11.5 Å². The van der Waals surface area contributed by atoms with Gasteiger partial charge in [-0.25, -0.2) is 4.79 Å². The molecule has 1 aliphatic rings. The van der Waals surface area contributed by atoms with Gasteiger partial charge in [0.15, 0.2) is 5.76 Å². The van der Waals surface area contributed by atoms with E-state index in [1.807, 2.05) is 19.1 Å². The minimum Gasteiger partial charge on any atom is -0.475 e. The van der Waals surface area contributed by atoms with E-state index >= 15 is 0 Å². The molecule has 3 rings (SSSR count). The number of hydrogen-bond acceptors (Lipinski definition) is 4. The van der Waals surface area contributed by atoms with Crippen LogP contribution in [0.2, 0.25) is 0 Å². The third kappa shape index (κ3) is 3.02. The Morgan fingerprint density at radius 3 is 2.52 bits per heavy atom. The van der Waals surface area contributed by atoms with Gasteiger partial charge in [-0.15, -0.1) is 0 Å². The number of carboxylic acid groups (broad SMARTS) is 1. The number of aromatic carboxylic acids is 1. The summed E-state index contributed by atoms with van der Waals surface area (Å²) in [6.45, 7) is 4.61. The monoisotopic (exact) mass is 317 g/mol. The lowest BCUT2D eigenvalue weighted by Crippen LogP contribution is -2.40. The van der Waals surface area contributed by atoms with Crippen molar-refractivity contribution in [3.63, 3.8) is 0 Å². The summed E-state index contributed by atoms with van der Waals surface area (Å²) in [5, 5.41) is 8.92. The molecule has 0 aliphatic carbocycles. The topological polar surface area (TPSA) is 83.9 Å². The Hall–Kier alpha value is -2.50. The van der Waals surface area contributed by atoms with Crippen LogP contribution in [0.4, 0.5) is 0 Å². The van der Waals surface area contributed by atoms with Crippen molar-refractivity contribution in [2.75, 3.05) is 6.54 Å². The molecule has 2 aromatic heterocycles. The van der Waals surface area contributed by atoms with Gasteiger partial charge >= 0.3 is 5.97 Å². The molecular weight excluding hydrogens is 298 g/mol. The molecule has 0 radical (unpaired) electrons.